The zero-order valence-electron chi connectivity index (χ0n) is 18.7. The van der Waals surface area contributed by atoms with Crippen molar-refractivity contribution in [2.45, 2.75) is 6.92 Å². The molecular formula is C28H19ClN4O2. The Hall–Kier alpha value is -4.42. The number of aromatic nitrogens is 3. The van der Waals surface area contributed by atoms with Crippen molar-refractivity contribution in [2.75, 3.05) is 5.32 Å². The standard InChI is InChI=1S/C28H19ClN4O2/c1-16-21(7-4-8-23(16)29)27(34)31-20-11-9-17(10-12-20)26-22(15-30-33-26)28-32-24-13-18-5-2-3-6-19(18)14-25(24)35-28/h2-15H,1H3,(H,30,33)(H,31,34). The van der Waals surface area contributed by atoms with Gasteiger partial charge in [0.2, 0.25) is 5.89 Å². The Morgan fingerprint density at radius 3 is 2.54 bits per heavy atom. The molecule has 0 unspecified atom stereocenters. The molecule has 0 saturated heterocycles. The van der Waals surface area contributed by atoms with E-state index in [-0.39, 0.29) is 5.91 Å². The van der Waals surface area contributed by atoms with Crippen molar-refractivity contribution in [2.24, 2.45) is 0 Å². The van der Waals surface area contributed by atoms with E-state index in [1.54, 1.807) is 24.4 Å². The third-order valence-corrected chi connectivity index (χ3v) is 6.48. The monoisotopic (exact) mass is 478 g/mol. The highest BCUT2D eigenvalue weighted by Crippen LogP contribution is 2.33. The number of H-pyrrole nitrogens is 1. The molecule has 0 aliphatic rings. The average molecular weight is 479 g/mol. The van der Waals surface area contributed by atoms with Crippen LogP contribution in [0.5, 0.6) is 0 Å². The lowest BCUT2D eigenvalue weighted by molar-refractivity contribution is 0.102. The number of amides is 1. The molecule has 2 heterocycles. The topological polar surface area (TPSA) is 83.8 Å². The molecule has 0 saturated carbocycles. The van der Waals surface area contributed by atoms with Crippen molar-refractivity contribution in [3.05, 3.63) is 101 Å². The number of anilines is 1. The lowest BCUT2D eigenvalue weighted by Crippen LogP contribution is -2.13. The summed E-state index contributed by atoms with van der Waals surface area (Å²) in [5.74, 6) is 0.284. The third kappa shape index (κ3) is 3.84. The second kappa shape index (κ2) is 8.42. The maximum absolute atomic E-state index is 12.7. The zero-order valence-corrected chi connectivity index (χ0v) is 19.4. The van der Waals surface area contributed by atoms with Crippen molar-refractivity contribution in [3.63, 3.8) is 0 Å². The molecule has 2 aromatic heterocycles. The Balaban J connectivity index is 1.29. The highest BCUT2D eigenvalue weighted by atomic mass is 35.5. The summed E-state index contributed by atoms with van der Waals surface area (Å²) in [6.45, 7) is 1.83. The number of halogens is 1. The second-order valence-electron chi connectivity index (χ2n) is 8.29. The normalized spacial score (nSPS) is 11.3. The Kier molecular flexibility index (Phi) is 5.08. The number of nitrogens with one attached hydrogen (secondary N) is 2. The van der Waals surface area contributed by atoms with Gasteiger partial charge in [0.15, 0.2) is 5.58 Å². The van der Waals surface area contributed by atoms with Gasteiger partial charge in [-0.2, -0.15) is 5.10 Å². The molecule has 0 atom stereocenters. The van der Waals surface area contributed by atoms with Crippen LogP contribution in [0.3, 0.4) is 0 Å². The third-order valence-electron chi connectivity index (χ3n) is 6.07. The number of hydrogen-bond acceptors (Lipinski definition) is 4. The van der Waals surface area contributed by atoms with Crippen LogP contribution in [0.25, 0.3) is 44.6 Å². The predicted octanol–water partition coefficient (Wildman–Crippen LogP) is 7.25. The van der Waals surface area contributed by atoms with Crippen LogP contribution in [0.2, 0.25) is 5.02 Å². The smallest absolute Gasteiger partial charge is 0.255 e. The average Bonchev–Trinajstić information content (AvgIpc) is 3.51. The number of benzene rings is 4. The summed E-state index contributed by atoms with van der Waals surface area (Å²) in [4.78, 5) is 17.4. The summed E-state index contributed by atoms with van der Waals surface area (Å²) in [7, 11) is 0. The van der Waals surface area contributed by atoms with E-state index in [9.17, 15) is 4.79 Å². The molecule has 0 aliphatic carbocycles. The SMILES string of the molecule is Cc1c(Cl)cccc1C(=O)Nc1ccc(-c2[nH]ncc2-c2nc3cc4ccccc4cc3o2)cc1. The highest BCUT2D eigenvalue weighted by molar-refractivity contribution is 6.32. The fourth-order valence-corrected chi connectivity index (χ4v) is 4.34. The first-order valence-electron chi connectivity index (χ1n) is 11.1. The summed E-state index contributed by atoms with van der Waals surface area (Å²) >= 11 is 6.15. The summed E-state index contributed by atoms with van der Waals surface area (Å²) in [6, 6.07) is 24.9. The van der Waals surface area contributed by atoms with E-state index < -0.39 is 0 Å². The minimum Gasteiger partial charge on any atom is -0.436 e. The molecule has 2 N–H and O–H groups in total. The molecule has 0 aliphatic heterocycles. The zero-order chi connectivity index (χ0) is 23.9. The van der Waals surface area contributed by atoms with Gasteiger partial charge >= 0.3 is 0 Å². The number of carbonyl (C=O) groups excluding carboxylic acids is 1. The lowest BCUT2D eigenvalue weighted by Gasteiger charge is -2.09. The van der Waals surface area contributed by atoms with E-state index in [1.165, 1.54) is 0 Å². The Morgan fingerprint density at radius 1 is 0.971 bits per heavy atom. The second-order valence-corrected chi connectivity index (χ2v) is 8.70. The van der Waals surface area contributed by atoms with Crippen LogP contribution in [0, 0.1) is 6.92 Å². The van der Waals surface area contributed by atoms with Crippen molar-refractivity contribution in [1.82, 2.24) is 15.2 Å². The molecule has 170 valence electrons. The molecule has 1 amide bonds. The van der Waals surface area contributed by atoms with Crippen molar-refractivity contribution < 1.29 is 9.21 Å². The van der Waals surface area contributed by atoms with Crippen LogP contribution in [0.4, 0.5) is 5.69 Å². The van der Waals surface area contributed by atoms with Gasteiger partial charge in [-0.05, 0) is 59.7 Å². The number of fused-ring (bicyclic) bond motifs is 2. The number of oxazole rings is 1. The molecule has 0 bridgehead atoms. The minimum absolute atomic E-state index is 0.209. The van der Waals surface area contributed by atoms with Crippen molar-refractivity contribution >= 4 is 45.1 Å². The van der Waals surface area contributed by atoms with E-state index in [0.717, 1.165) is 44.3 Å². The molecule has 6 nitrogen and oxygen atoms in total. The van der Waals surface area contributed by atoms with Gasteiger partial charge in [0, 0.05) is 21.8 Å². The van der Waals surface area contributed by atoms with Crippen LogP contribution in [-0.2, 0) is 0 Å². The summed E-state index contributed by atoms with van der Waals surface area (Å²) in [6.07, 6.45) is 1.71. The first kappa shape index (κ1) is 21.1. The molecular weight excluding hydrogens is 460 g/mol. The molecule has 0 radical (unpaired) electrons. The quantitative estimate of drug-likeness (QED) is 0.279. The van der Waals surface area contributed by atoms with Crippen LogP contribution in [0.1, 0.15) is 15.9 Å². The van der Waals surface area contributed by atoms with E-state index in [1.807, 2.05) is 61.5 Å². The number of carbonyl (C=O) groups is 1. The molecule has 7 heteroatoms. The van der Waals surface area contributed by atoms with E-state index in [0.29, 0.717) is 22.2 Å². The lowest BCUT2D eigenvalue weighted by atomic mass is 10.1. The van der Waals surface area contributed by atoms with Gasteiger partial charge in [0.1, 0.15) is 5.52 Å². The molecule has 35 heavy (non-hydrogen) atoms. The maximum atomic E-state index is 12.7. The first-order valence-corrected chi connectivity index (χ1v) is 11.4. The Labute approximate surface area is 205 Å². The van der Waals surface area contributed by atoms with Gasteiger partial charge in [-0.1, -0.05) is 54.1 Å². The van der Waals surface area contributed by atoms with Crippen LogP contribution >= 0.6 is 11.6 Å². The molecule has 0 fully saturated rings. The van der Waals surface area contributed by atoms with Crippen LogP contribution in [0.15, 0.2) is 89.5 Å². The summed E-state index contributed by atoms with van der Waals surface area (Å²) in [5, 5.41) is 13.0. The number of aromatic amines is 1. The predicted molar refractivity (Wildman–Crippen MR) is 139 cm³/mol. The van der Waals surface area contributed by atoms with Gasteiger partial charge in [-0.3, -0.25) is 9.89 Å². The van der Waals surface area contributed by atoms with E-state index >= 15 is 0 Å². The van der Waals surface area contributed by atoms with E-state index in [4.69, 9.17) is 21.0 Å². The van der Waals surface area contributed by atoms with Crippen LogP contribution < -0.4 is 5.32 Å². The largest absolute Gasteiger partial charge is 0.436 e. The van der Waals surface area contributed by atoms with E-state index in [2.05, 4.69) is 21.6 Å². The number of hydrogen-bond donors (Lipinski definition) is 2. The van der Waals surface area contributed by atoms with Crippen molar-refractivity contribution in [1.29, 1.82) is 0 Å². The fourth-order valence-electron chi connectivity index (χ4n) is 4.17. The fraction of sp³-hybridized carbons (Fsp3) is 0.0357. The van der Waals surface area contributed by atoms with Gasteiger partial charge in [-0.25, -0.2) is 4.98 Å². The van der Waals surface area contributed by atoms with Crippen LogP contribution in [-0.4, -0.2) is 21.1 Å². The molecule has 6 aromatic rings. The molecule has 0 spiro atoms. The minimum atomic E-state index is -0.209. The number of nitrogens with zero attached hydrogens (tertiary/aromatic N) is 2. The molecule has 6 rings (SSSR count). The highest BCUT2D eigenvalue weighted by Gasteiger charge is 2.17. The van der Waals surface area contributed by atoms with Gasteiger partial charge in [0.05, 0.1) is 17.5 Å². The maximum Gasteiger partial charge on any atom is 0.255 e. The first-order chi connectivity index (χ1) is 17.1. The van der Waals surface area contributed by atoms with Crippen molar-refractivity contribution in [3.8, 4) is 22.7 Å². The van der Waals surface area contributed by atoms with Gasteiger partial charge in [0.25, 0.3) is 5.91 Å². The molecule has 4 aromatic carbocycles. The Morgan fingerprint density at radius 2 is 1.74 bits per heavy atom. The summed E-state index contributed by atoms with van der Waals surface area (Å²) in [5.41, 5.74) is 5.91. The Bertz CT molecular complexity index is 1660. The number of rotatable bonds is 4. The van der Waals surface area contributed by atoms with Gasteiger partial charge in [-0.15, -0.1) is 0 Å². The van der Waals surface area contributed by atoms with Gasteiger partial charge < -0.3 is 9.73 Å². The summed E-state index contributed by atoms with van der Waals surface area (Å²) < 4.78 is 6.09.